The molecule has 0 aromatic heterocycles. The Labute approximate surface area is 150 Å². The Balaban J connectivity index is 1.96. The van der Waals surface area contributed by atoms with Crippen LogP contribution in [0.5, 0.6) is 0 Å². The quantitative estimate of drug-likeness (QED) is 0.519. The van der Waals surface area contributed by atoms with E-state index in [1.165, 1.54) is 12.5 Å². The summed E-state index contributed by atoms with van der Waals surface area (Å²) in [6.45, 7) is 6.03. The fourth-order valence-electron chi connectivity index (χ4n) is 3.46. The molecule has 2 rings (SSSR count). The van der Waals surface area contributed by atoms with Crippen molar-refractivity contribution in [1.82, 2.24) is 0 Å². The molecule has 0 atom stereocenters. The summed E-state index contributed by atoms with van der Waals surface area (Å²) in [6.07, 6.45) is 6.88. The van der Waals surface area contributed by atoms with E-state index in [-0.39, 0.29) is 18.0 Å². The first-order valence-electron chi connectivity index (χ1n) is 9.46. The molecule has 1 fully saturated rings. The van der Waals surface area contributed by atoms with Gasteiger partial charge in [0.15, 0.2) is 0 Å². The van der Waals surface area contributed by atoms with Crippen LogP contribution in [-0.2, 0) is 14.3 Å². The largest absolute Gasteiger partial charge is 0.463 e. The summed E-state index contributed by atoms with van der Waals surface area (Å²) in [5.74, 6) is -0.00464. The van der Waals surface area contributed by atoms with Gasteiger partial charge in [0.1, 0.15) is 6.10 Å². The molecule has 0 spiro atoms. The third-order valence-corrected chi connectivity index (χ3v) is 4.94. The number of benzene rings is 1. The molecule has 0 aliphatic heterocycles. The lowest BCUT2D eigenvalue weighted by atomic mass is 9.82. The minimum Gasteiger partial charge on any atom is -0.463 e. The van der Waals surface area contributed by atoms with E-state index < -0.39 is 0 Å². The normalized spacial score (nSPS) is 20.1. The summed E-state index contributed by atoms with van der Waals surface area (Å²) < 4.78 is 10.7. The van der Waals surface area contributed by atoms with Crippen LogP contribution in [-0.4, -0.2) is 24.6 Å². The van der Waals surface area contributed by atoms with Crippen molar-refractivity contribution in [2.45, 2.75) is 77.7 Å². The third kappa shape index (κ3) is 5.87. The molecule has 1 aliphatic carbocycles. The fraction of sp³-hybridized carbons (Fsp3) is 0.619. The Morgan fingerprint density at radius 2 is 1.84 bits per heavy atom. The van der Waals surface area contributed by atoms with Crippen LogP contribution < -0.4 is 0 Å². The molecule has 0 heterocycles. The van der Waals surface area contributed by atoms with E-state index in [0.29, 0.717) is 18.1 Å². The molecule has 0 radical (unpaired) electrons. The van der Waals surface area contributed by atoms with Crippen LogP contribution in [0.3, 0.4) is 0 Å². The second-order valence-corrected chi connectivity index (χ2v) is 7.00. The molecule has 0 amide bonds. The molecule has 138 valence electrons. The minimum atomic E-state index is -0.218. The molecule has 0 N–H and O–H groups in total. The van der Waals surface area contributed by atoms with Crippen molar-refractivity contribution in [3.05, 3.63) is 34.9 Å². The first kappa shape index (κ1) is 19.5. The summed E-state index contributed by atoms with van der Waals surface area (Å²) in [5, 5.41) is 0. The van der Waals surface area contributed by atoms with E-state index >= 15 is 0 Å². The molecule has 1 aromatic rings. The number of unbranched alkanes of at least 4 members (excludes halogenated alkanes) is 2. The zero-order chi connectivity index (χ0) is 18.2. The first-order chi connectivity index (χ1) is 12.0. The summed E-state index contributed by atoms with van der Waals surface area (Å²) >= 11 is 0. The molecular weight excluding hydrogens is 316 g/mol. The van der Waals surface area contributed by atoms with Crippen LogP contribution in [0, 0.1) is 6.92 Å². The molecule has 4 nitrogen and oxygen atoms in total. The van der Waals surface area contributed by atoms with Gasteiger partial charge in [0.05, 0.1) is 12.2 Å². The van der Waals surface area contributed by atoms with Crippen molar-refractivity contribution < 1.29 is 19.1 Å². The van der Waals surface area contributed by atoms with Gasteiger partial charge in [0.2, 0.25) is 0 Å². The standard InChI is InChI=1S/C21H30O4/c1-4-5-6-13-24-21(23)20-14-18(8-7-15(20)2)17-9-11-19(12-10-17)25-16(3)22/h7-8,14,17,19H,4-6,9-13H2,1-3H3. The van der Waals surface area contributed by atoms with Gasteiger partial charge >= 0.3 is 11.9 Å². The number of esters is 2. The van der Waals surface area contributed by atoms with Gasteiger partial charge in [-0.25, -0.2) is 4.79 Å². The Bertz CT molecular complexity index is 586. The smallest absolute Gasteiger partial charge is 0.338 e. The van der Waals surface area contributed by atoms with E-state index in [4.69, 9.17) is 9.47 Å². The van der Waals surface area contributed by atoms with Crippen molar-refractivity contribution in [2.75, 3.05) is 6.61 Å². The monoisotopic (exact) mass is 346 g/mol. The highest BCUT2D eigenvalue weighted by Crippen LogP contribution is 2.35. The van der Waals surface area contributed by atoms with Crippen LogP contribution in [0.25, 0.3) is 0 Å². The predicted octanol–water partition coefficient (Wildman–Crippen LogP) is 4.93. The SMILES string of the molecule is CCCCCOC(=O)c1cc(C2CCC(OC(C)=O)CC2)ccc1C. The molecule has 0 unspecified atom stereocenters. The van der Waals surface area contributed by atoms with Gasteiger partial charge in [-0.3, -0.25) is 4.79 Å². The second-order valence-electron chi connectivity index (χ2n) is 7.00. The number of carbonyl (C=O) groups excluding carboxylic acids is 2. The van der Waals surface area contributed by atoms with Crippen LogP contribution in [0.15, 0.2) is 18.2 Å². The number of hydrogen-bond acceptors (Lipinski definition) is 4. The highest BCUT2D eigenvalue weighted by molar-refractivity contribution is 5.91. The molecule has 1 saturated carbocycles. The highest BCUT2D eigenvalue weighted by atomic mass is 16.5. The number of carbonyl (C=O) groups is 2. The zero-order valence-electron chi connectivity index (χ0n) is 15.7. The average molecular weight is 346 g/mol. The second kappa shape index (κ2) is 9.59. The maximum atomic E-state index is 12.4. The van der Waals surface area contributed by atoms with Crippen LogP contribution in [0.2, 0.25) is 0 Å². The summed E-state index contributed by atoms with van der Waals surface area (Å²) in [7, 11) is 0. The molecule has 1 aliphatic rings. The zero-order valence-corrected chi connectivity index (χ0v) is 15.7. The molecule has 0 bridgehead atoms. The topological polar surface area (TPSA) is 52.6 Å². The summed E-state index contributed by atoms with van der Waals surface area (Å²) in [4.78, 5) is 23.4. The van der Waals surface area contributed by atoms with Crippen molar-refractivity contribution in [3.63, 3.8) is 0 Å². The van der Waals surface area contributed by atoms with Gasteiger partial charge < -0.3 is 9.47 Å². The Morgan fingerprint density at radius 1 is 1.12 bits per heavy atom. The third-order valence-electron chi connectivity index (χ3n) is 4.94. The van der Waals surface area contributed by atoms with E-state index in [9.17, 15) is 9.59 Å². The van der Waals surface area contributed by atoms with Gasteiger partial charge in [-0.05, 0) is 62.1 Å². The Hall–Kier alpha value is -1.84. The lowest BCUT2D eigenvalue weighted by Gasteiger charge is -2.28. The van der Waals surface area contributed by atoms with Gasteiger partial charge in [-0.2, -0.15) is 0 Å². The Kier molecular flexibility index (Phi) is 7.48. The van der Waals surface area contributed by atoms with E-state index in [2.05, 4.69) is 13.0 Å². The first-order valence-corrected chi connectivity index (χ1v) is 9.46. The van der Waals surface area contributed by atoms with E-state index in [1.807, 2.05) is 19.1 Å². The number of aryl methyl sites for hydroxylation is 1. The molecule has 0 saturated heterocycles. The van der Waals surface area contributed by atoms with E-state index in [1.54, 1.807) is 0 Å². The van der Waals surface area contributed by atoms with Crippen molar-refractivity contribution in [2.24, 2.45) is 0 Å². The summed E-state index contributed by atoms with van der Waals surface area (Å²) in [5.41, 5.74) is 2.82. The Morgan fingerprint density at radius 3 is 2.48 bits per heavy atom. The fourth-order valence-corrected chi connectivity index (χ4v) is 3.46. The van der Waals surface area contributed by atoms with Crippen LogP contribution >= 0.6 is 0 Å². The van der Waals surface area contributed by atoms with E-state index in [0.717, 1.165) is 50.5 Å². The highest BCUT2D eigenvalue weighted by Gasteiger charge is 2.25. The molecular formula is C21H30O4. The van der Waals surface area contributed by atoms with Gasteiger partial charge in [-0.1, -0.05) is 31.9 Å². The number of hydrogen-bond donors (Lipinski definition) is 0. The maximum absolute atomic E-state index is 12.4. The van der Waals surface area contributed by atoms with Crippen LogP contribution in [0.4, 0.5) is 0 Å². The van der Waals surface area contributed by atoms with Crippen molar-refractivity contribution in [3.8, 4) is 0 Å². The predicted molar refractivity (Wildman–Crippen MR) is 97.7 cm³/mol. The minimum absolute atomic E-state index is 0.0437. The number of ether oxygens (including phenoxy) is 2. The molecule has 1 aromatic carbocycles. The maximum Gasteiger partial charge on any atom is 0.338 e. The lowest BCUT2D eigenvalue weighted by molar-refractivity contribution is -0.147. The van der Waals surface area contributed by atoms with Gasteiger partial charge in [-0.15, -0.1) is 0 Å². The summed E-state index contributed by atoms with van der Waals surface area (Å²) in [6, 6.07) is 6.12. The molecule has 4 heteroatoms. The van der Waals surface area contributed by atoms with Gasteiger partial charge in [0.25, 0.3) is 0 Å². The number of rotatable bonds is 7. The van der Waals surface area contributed by atoms with Crippen molar-refractivity contribution >= 4 is 11.9 Å². The van der Waals surface area contributed by atoms with Crippen molar-refractivity contribution in [1.29, 1.82) is 0 Å². The van der Waals surface area contributed by atoms with Crippen LogP contribution in [0.1, 0.15) is 86.2 Å². The van der Waals surface area contributed by atoms with Gasteiger partial charge in [0, 0.05) is 6.92 Å². The average Bonchev–Trinajstić information content (AvgIpc) is 2.59. The lowest BCUT2D eigenvalue weighted by Crippen LogP contribution is -2.22. The molecule has 25 heavy (non-hydrogen) atoms.